The Bertz CT molecular complexity index is 567. The molecule has 0 saturated carbocycles. The molecule has 6 nitrogen and oxygen atoms in total. The molecular weight excluding hydrogens is 314 g/mol. The van der Waals surface area contributed by atoms with Gasteiger partial charge < -0.3 is 21.3 Å². The second-order valence-electron chi connectivity index (χ2n) is 6.51. The molecule has 0 aromatic heterocycles. The number of nitrogens with two attached hydrogens (primary N) is 1. The summed E-state index contributed by atoms with van der Waals surface area (Å²) >= 11 is 0. The van der Waals surface area contributed by atoms with Crippen LogP contribution < -0.4 is 16.4 Å². The second kappa shape index (κ2) is 10.6. The number of unbranched alkanes of at least 4 members (excludes halogenated alkanes) is 3. The Labute approximate surface area is 150 Å². The van der Waals surface area contributed by atoms with Crippen LogP contribution in [0.15, 0.2) is 29.3 Å². The maximum atomic E-state index is 12.1. The molecule has 0 spiro atoms. The van der Waals surface area contributed by atoms with Crippen molar-refractivity contribution in [2.45, 2.75) is 52.0 Å². The molecule has 6 heteroatoms. The highest BCUT2D eigenvalue weighted by Crippen LogP contribution is 2.14. The van der Waals surface area contributed by atoms with E-state index in [-0.39, 0.29) is 6.03 Å². The van der Waals surface area contributed by atoms with E-state index in [2.05, 4.69) is 22.5 Å². The first kappa shape index (κ1) is 19.1. The molecule has 2 rings (SSSR count). The van der Waals surface area contributed by atoms with E-state index >= 15 is 0 Å². The number of nitrogens with one attached hydrogen (secondary N) is 2. The molecule has 25 heavy (non-hydrogen) atoms. The molecule has 1 aromatic carbocycles. The quantitative estimate of drug-likeness (QED) is 0.384. The number of carbonyl (C=O) groups is 1. The Kier molecular flexibility index (Phi) is 8.09. The molecule has 1 heterocycles. The van der Waals surface area contributed by atoms with E-state index in [1.165, 1.54) is 19.3 Å². The number of carbonyl (C=O) groups excluding carboxylic acids is 1. The van der Waals surface area contributed by atoms with Gasteiger partial charge in [0.25, 0.3) is 0 Å². The summed E-state index contributed by atoms with van der Waals surface area (Å²) in [6.07, 6.45) is 7.00. The van der Waals surface area contributed by atoms with Crippen LogP contribution in [0.3, 0.4) is 0 Å². The minimum atomic E-state index is -0.0218. The Balaban J connectivity index is 1.78. The summed E-state index contributed by atoms with van der Waals surface area (Å²) in [4.78, 5) is 18.4. The molecule has 0 unspecified atom stereocenters. The van der Waals surface area contributed by atoms with Gasteiger partial charge in [0.05, 0.1) is 6.54 Å². The van der Waals surface area contributed by atoms with Crippen molar-refractivity contribution < 1.29 is 4.79 Å². The number of benzene rings is 1. The van der Waals surface area contributed by atoms with Crippen LogP contribution in [0.1, 0.15) is 51.0 Å². The standard InChI is InChI=1S/C19H31N5O/c1-2-3-4-5-11-21-18(20)22-15-16-9-8-10-17(14-16)23-19(25)24-12-6-7-13-24/h8-10,14H,2-7,11-13,15H2,1H3,(H,23,25)(H3,20,21,22). The number of nitrogens with zero attached hydrogens (tertiary/aromatic N) is 2. The van der Waals surface area contributed by atoms with Crippen LogP contribution in [0.5, 0.6) is 0 Å². The highest BCUT2D eigenvalue weighted by Gasteiger charge is 2.17. The molecule has 0 radical (unpaired) electrons. The number of hydrogen-bond acceptors (Lipinski definition) is 2. The molecule has 1 saturated heterocycles. The van der Waals surface area contributed by atoms with Crippen molar-refractivity contribution in [2.75, 3.05) is 25.0 Å². The Morgan fingerprint density at radius 3 is 2.80 bits per heavy atom. The fourth-order valence-electron chi connectivity index (χ4n) is 2.87. The lowest BCUT2D eigenvalue weighted by molar-refractivity contribution is 0.222. The molecular formula is C19H31N5O. The number of amides is 2. The van der Waals surface area contributed by atoms with Crippen molar-refractivity contribution in [3.63, 3.8) is 0 Å². The van der Waals surface area contributed by atoms with Gasteiger partial charge in [-0.1, -0.05) is 38.3 Å². The van der Waals surface area contributed by atoms with Gasteiger partial charge in [-0.15, -0.1) is 0 Å². The third-order valence-corrected chi connectivity index (χ3v) is 4.34. The Hall–Kier alpha value is -2.24. The zero-order valence-corrected chi connectivity index (χ0v) is 15.3. The molecule has 1 aliphatic heterocycles. The Morgan fingerprint density at radius 1 is 1.24 bits per heavy atom. The number of urea groups is 1. The van der Waals surface area contributed by atoms with Crippen LogP contribution in [0.2, 0.25) is 0 Å². The van der Waals surface area contributed by atoms with E-state index in [4.69, 9.17) is 5.73 Å². The number of rotatable bonds is 8. The Morgan fingerprint density at radius 2 is 2.04 bits per heavy atom. The largest absolute Gasteiger partial charge is 0.370 e. The first-order chi connectivity index (χ1) is 12.2. The lowest BCUT2D eigenvalue weighted by atomic mass is 10.2. The monoisotopic (exact) mass is 345 g/mol. The zero-order valence-electron chi connectivity index (χ0n) is 15.3. The predicted molar refractivity (Wildman–Crippen MR) is 104 cm³/mol. The van der Waals surface area contributed by atoms with Crippen molar-refractivity contribution in [1.29, 1.82) is 0 Å². The van der Waals surface area contributed by atoms with Crippen LogP contribution >= 0.6 is 0 Å². The van der Waals surface area contributed by atoms with Crippen molar-refractivity contribution in [3.8, 4) is 0 Å². The van der Waals surface area contributed by atoms with Gasteiger partial charge in [0.1, 0.15) is 0 Å². The average molecular weight is 345 g/mol. The van der Waals surface area contributed by atoms with Crippen LogP contribution in [-0.4, -0.2) is 36.5 Å². The van der Waals surface area contributed by atoms with Gasteiger partial charge >= 0.3 is 6.03 Å². The highest BCUT2D eigenvalue weighted by molar-refractivity contribution is 5.89. The van der Waals surface area contributed by atoms with E-state index < -0.39 is 0 Å². The molecule has 1 aliphatic rings. The molecule has 138 valence electrons. The minimum absolute atomic E-state index is 0.0218. The highest BCUT2D eigenvalue weighted by atomic mass is 16.2. The first-order valence-electron chi connectivity index (χ1n) is 9.37. The molecule has 0 aliphatic carbocycles. The van der Waals surface area contributed by atoms with Crippen molar-refractivity contribution in [1.82, 2.24) is 10.2 Å². The summed E-state index contributed by atoms with van der Waals surface area (Å²) < 4.78 is 0. The lowest BCUT2D eigenvalue weighted by Gasteiger charge is -2.16. The summed E-state index contributed by atoms with van der Waals surface area (Å²) in [7, 11) is 0. The van der Waals surface area contributed by atoms with Crippen molar-refractivity contribution in [3.05, 3.63) is 29.8 Å². The van der Waals surface area contributed by atoms with Gasteiger partial charge in [-0.25, -0.2) is 9.79 Å². The van der Waals surface area contributed by atoms with Gasteiger partial charge in [0.15, 0.2) is 5.96 Å². The maximum Gasteiger partial charge on any atom is 0.321 e. The first-order valence-corrected chi connectivity index (χ1v) is 9.37. The number of guanidine groups is 1. The zero-order chi connectivity index (χ0) is 17.9. The predicted octanol–water partition coefficient (Wildman–Crippen LogP) is 3.30. The molecule has 0 bridgehead atoms. The summed E-state index contributed by atoms with van der Waals surface area (Å²) in [5.41, 5.74) is 7.72. The summed E-state index contributed by atoms with van der Waals surface area (Å²) in [5, 5.41) is 6.10. The second-order valence-corrected chi connectivity index (χ2v) is 6.51. The SMILES string of the molecule is CCCCCCNC(N)=NCc1cccc(NC(=O)N2CCCC2)c1. The van der Waals surface area contributed by atoms with Gasteiger partial charge in [0.2, 0.25) is 0 Å². The molecule has 2 amide bonds. The number of hydrogen-bond donors (Lipinski definition) is 3. The third-order valence-electron chi connectivity index (χ3n) is 4.34. The smallest absolute Gasteiger partial charge is 0.321 e. The summed E-state index contributed by atoms with van der Waals surface area (Å²) in [6, 6.07) is 7.75. The van der Waals surface area contributed by atoms with E-state index in [0.717, 1.165) is 50.1 Å². The normalized spacial score (nSPS) is 14.6. The number of anilines is 1. The topological polar surface area (TPSA) is 82.7 Å². The average Bonchev–Trinajstić information content (AvgIpc) is 3.15. The molecule has 4 N–H and O–H groups in total. The van der Waals surface area contributed by atoms with Crippen LogP contribution in [-0.2, 0) is 6.54 Å². The van der Waals surface area contributed by atoms with Gasteiger partial charge in [0, 0.05) is 25.3 Å². The van der Waals surface area contributed by atoms with Gasteiger partial charge in [-0.3, -0.25) is 0 Å². The fraction of sp³-hybridized carbons (Fsp3) is 0.579. The fourth-order valence-corrected chi connectivity index (χ4v) is 2.87. The summed E-state index contributed by atoms with van der Waals surface area (Å²) in [5.74, 6) is 0.475. The van der Waals surface area contributed by atoms with Crippen LogP contribution in [0.4, 0.5) is 10.5 Å². The third kappa shape index (κ3) is 7.03. The van der Waals surface area contributed by atoms with Crippen molar-refractivity contribution >= 4 is 17.7 Å². The van der Waals surface area contributed by atoms with E-state index in [0.29, 0.717) is 12.5 Å². The minimum Gasteiger partial charge on any atom is -0.370 e. The van der Waals surface area contributed by atoms with Gasteiger partial charge in [-0.2, -0.15) is 0 Å². The molecule has 1 fully saturated rings. The van der Waals surface area contributed by atoms with Crippen molar-refractivity contribution in [2.24, 2.45) is 10.7 Å². The summed E-state index contributed by atoms with van der Waals surface area (Å²) in [6.45, 7) is 5.25. The van der Waals surface area contributed by atoms with Crippen LogP contribution in [0.25, 0.3) is 0 Å². The van der Waals surface area contributed by atoms with E-state index in [9.17, 15) is 4.79 Å². The van der Waals surface area contributed by atoms with E-state index in [1.807, 2.05) is 29.2 Å². The van der Waals surface area contributed by atoms with E-state index in [1.54, 1.807) is 0 Å². The van der Waals surface area contributed by atoms with Crippen LogP contribution in [0, 0.1) is 0 Å². The molecule has 0 atom stereocenters. The molecule has 1 aromatic rings. The van der Waals surface area contributed by atoms with Gasteiger partial charge in [-0.05, 0) is 37.0 Å². The number of aliphatic imine (C=N–C) groups is 1. The lowest BCUT2D eigenvalue weighted by Crippen LogP contribution is -2.32. The maximum absolute atomic E-state index is 12.1. The number of likely N-dealkylation sites (tertiary alicyclic amines) is 1.